The maximum Gasteiger partial charge on any atom is 0.331 e. The fourth-order valence-electron chi connectivity index (χ4n) is 3.97. The number of fused-ring (bicyclic) bond motifs is 1. The molecular formula is C24H23NO4S. The third kappa shape index (κ3) is 3.79. The van der Waals surface area contributed by atoms with Gasteiger partial charge in [0.1, 0.15) is 6.04 Å². The Hall–Kier alpha value is -2.86. The Morgan fingerprint density at radius 1 is 1.10 bits per heavy atom. The van der Waals surface area contributed by atoms with Gasteiger partial charge in [-0.2, -0.15) is 0 Å². The Bertz CT molecular complexity index is 951. The minimum absolute atomic E-state index is 0.0645. The number of esters is 1. The van der Waals surface area contributed by atoms with Crippen LogP contribution in [-0.4, -0.2) is 38.7 Å². The standard InChI is InChI=1S/C24H23NO4S/c1-16(26)13-14-24(2)22(25-19(27)15-20(25)30-24)23(28)29-21(17-9-5-3-6-10-17)18-11-7-4-8-12-18/h3-14,20-22H,15H2,1-2H3/t20-,22+,24+/m1/s1. The SMILES string of the molecule is CC(=O)C=C[C@]1(C)S[C@@H]2CC(=O)N2[C@H]1C(=O)OC(c1ccccc1)c1ccccc1. The van der Waals surface area contributed by atoms with Gasteiger partial charge in [-0.15, -0.1) is 11.8 Å². The van der Waals surface area contributed by atoms with E-state index in [-0.39, 0.29) is 17.1 Å². The van der Waals surface area contributed by atoms with Gasteiger partial charge in [0, 0.05) is 0 Å². The van der Waals surface area contributed by atoms with E-state index in [0.29, 0.717) is 6.42 Å². The number of ketones is 1. The molecule has 0 bridgehead atoms. The van der Waals surface area contributed by atoms with Crippen molar-refractivity contribution in [3.05, 3.63) is 83.9 Å². The van der Waals surface area contributed by atoms with Crippen LogP contribution >= 0.6 is 11.8 Å². The largest absolute Gasteiger partial charge is 0.451 e. The molecule has 1 amide bonds. The van der Waals surface area contributed by atoms with Gasteiger partial charge in [0.05, 0.1) is 16.5 Å². The molecular weight excluding hydrogens is 398 g/mol. The van der Waals surface area contributed by atoms with Gasteiger partial charge >= 0.3 is 5.97 Å². The van der Waals surface area contributed by atoms with E-state index >= 15 is 0 Å². The smallest absolute Gasteiger partial charge is 0.331 e. The maximum atomic E-state index is 13.4. The van der Waals surface area contributed by atoms with Crippen molar-refractivity contribution in [3.63, 3.8) is 0 Å². The van der Waals surface area contributed by atoms with E-state index in [4.69, 9.17) is 4.74 Å². The Labute approximate surface area is 180 Å². The predicted octanol–water partition coefficient (Wildman–Crippen LogP) is 3.90. The summed E-state index contributed by atoms with van der Waals surface area (Å²) in [6, 6.07) is 18.3. The van der Waals surface area contributed by atoms with Crippen LogP contribution in [0.3, 0.4) is 0 Å². The Kier molecular flexibility index (Phi) is 5.52. The summed E-state index contributed by atoms with van der Waals surface area (Å²) in [6.45, 7) is 3.35. The number of ether oxygens (including phenoxy) is 1. The highest BCUT2D eigenvalue weighted by Crippen LogP contribution is 2.52. The minimum Gasteiger partial charge on any atom is -0.451 e. The van der Waals surface area contributed by atoms with E-state index in [2.05, 4.69) is 0 Å². The lowest BCUT2D eigenvalue weighted by Gasteiger charge is -2.38. The molecule has 0 N–H and O–H groups in total. The molecule has 0 aliphatic carbocycles. The zero-order valence-corrected chi connectivity index (χ0v) is 17.7. The average Bonchev–Trinajstić information content (AvgIpc) is 2.99. The van der Waals surface area contributed by atoms with Crippen LogP contribution in [0.25, 0.3) is 0 Å². The average molecular weight is 422 g/mol. The highest BCUT2D eigenvalue weighted by Gasteiger charge is 2.60. The number of thioether (sulfide) groups is 1. The Morgan fingerprint density at radius 2 is 1.67 bits per heavy atom. The van der Waals surface area contributed by atoms with Crippen LogP contribution in [0.4, 0.5) is 0 Å². The van der Waals surface area contributed by atoms with Gasteiger partial charge in [0.15, 0.2) is 11.9 Å². The first kappa shape index (κ1) is 20.4. The zero-order valence-electron chi connectivity index (χ0n) is 16.9. The maximum absolute atomic E-state index is 13.4. The lowest BCUT2D eigenvalue weighted by atomic mass is 9.95. The van der Waals surface area contributed by atoms with Crippen LogP contribution in [0.2, 0.25) is 0 Å². The number of allylic oxidation sites excluding steroid dienone is 1. The number of β-lactam (4-membered cyclic amide) rings is 1. The van der Waals surface area contributed by atoms with Crippen LogP contribution in [-0.2, 0) is 19.1 Å². The first-order valence-corrected chi connectivity index (χ1v) is 10.8. The molecule has 2 aromatic rings. The van der Waals surface area contributed by atoms with Gasteiger partial charge in [0.25, 0.3) is 0 Å². The number of benzene rings is 2. The quantitative estimate of drug-likeness (QED) is 0.402. The first-order valence-electron chi connectivity index (χ1n) is 9.88. The molecule has 4 rings (SSSR count). The van der Waals surface area contributed by atoms with E-state index in [1.807, 2.05) is 67.6 Å². The summed E-state index contributed by atoms with van der Waals surface area (Å²) < 4.78 is 5.32. The van der Waals surface area contributed by atoms with Crippen molar-refractivity contribution in [3.8, 4) is 0 Å². The molecule has 0 unspecified atom stereocenters. The summed E-state index contributed by atoms with van der Waals surface area (Å²) in [7, 11) is 0. The number of rotatable bonds is 6. The second-order valence-electron chi connectivity index (χ2n) is 7.75. The molecule has 0 saturated carbocycles. The van der Waals surface area contributed by atoms with Crippen molar-refractivity contribution < 1.29 is 19.1 Å². The molecule has 2 saturated heterocycles. The molecule has 2 aliphatic heterocycles. The van der Waals surface area contributed by atoms with Gasteiger partial charge in [-0.3, -0.25) is 9.59 Å². The summed E-state index contributed by atoms with van der Waals surface area (Å²) in [6.07, 6.45) is 3.02. The highest BCUT2D eigenvalue weighted by molar-refractivity contribution is 8.01. The second kappa shape index (κ2) is 8.11. The summed E-state index contributed by atoms with van der Waals surface area (Å²) in [5, 5.41) is -0.0661. The van der Waals surface area contributed by atoms with Gasteiger partial charge < -0.3 is 9.64 Å². The molecule has 0 aromatic heterocycles. The molecule has 0 spiro atoms. The number of nitrogens with zero attached hydrogens (tertiary/aromatic N) is 1. The first-order chi connectivity index (χ1) is 14.4. The normalized spacial score (nSPS) is 25.3. The van der Waals surface area contributed by atoms with Crippen molar-refractivity contribution in [2.24, 2.45) is 0 Å². The molecule has 2 fully saturated rings. The summed E-state index contributed by atoms with van der Waals surface area (Å²) >= 11 is 1.53. The molecule has 30 heavy (non-hydrogen) atoms. The molecule has 154 valence electrons. The van der Waals surface area contributed by atoms with Crippen molar-refractivity contribution >= 4 is 29.4 Å². The van der Waals surface area contributed by atoms with E-state index < -0.39 is 22.9 Å². The molecule has 3 atom stereocenters. The fraction of sp³-hybridized carbons (Fsp3) is 0.292. The van der Waals surface area contributed by atoms with Crippen LogP contribution in [0.15, 0.2) is 72.8 Å². The zero-order chi connectivity index (χ0) is 21.3. The Balaban J connectivity index is 1.67. The monoisotopic (exact) mass is 421 g/mol. The van der Waals surface area contributed by atoms with Gasteiger partial charge in [-0.25, -0.2) is 4.79 Å². The summed E-state index contributed by atoms with van der Waals surface area (Å²) in [5.74, 6) is -0.632. The number of carbonyl (C=O) groups is 3. The Morgan fingerprint density at radius 3 is 2.17 bits per heavy atom. The summed E-state index contributed by atoms with van der Waals surface area (Å²) in [5.41, 5.74) is 1.71. The highest BCUT2D eigenvalue weighted by atomic mass is 32.2. The van der Waals surface area contributed by atoms with Gasteiger partial charge in [-0.05, 0) is 31.1 Å². The number of hydrogen-bond acceptors (Lipinski definition) is 5. The number of hydrogen-bond donors (Lipinski definition) is 0. The number of amides is 1. The molecule has 6 heteroatoms. The topological polar surface area (TPSA) is 63.7 Å². The molecule has 0 radical (unpaired) electrons. The third-order valence-electron chi connectivity index (χ3n) is 5.47. The van der Waals surface area contributed by atoms with Crippen molar-refractivity contribution in [1.29, 1.82) is 0 Å². The van der Waals surface area contributed by atoms with E-state index in [9.17, 15) is 14.4 Å². The summed E-state index contributed by atoms with van der Waals surface area (Å²) in [4.78, 5) is 38.9. The third-order valence-corrected chi connectivity index (χ3v) is 7.00. The van der Waals surface area contributed by atoms with Gasteiger partial charge in [-0.1, -0.05) is 66.7 Å². The lowest BCUT2D eigenvalue weighted by Crippen LogP contribution is -2.57. The van der Waals surface area contributed by atoms with E-state index in [1.54, 1.807) is 11.0 Å². The van der Waals surface area contributed by atoms with Crippen LogP contribution < -0.4 is 0 Å². The molecule has 2 heterocycles. The van der Waals surface area contributed by atoms with E-state index in [0.717, 1.165) is 11.1 Å². The van der Waals surface area contributed by atoms with Crippen LogP contribution in [0.5, 0.6) is 0 Å². The van der Waals surface area contributed by atoms with Crippen LogP contribution in [0, 0.1) is 0 Å². The van der Waals surface area contributed by atoms with Crippen LogP contribution in [0.1, 0.15) is 37.5 Å². The van der Waals surface area contributed by atoms with Gasteiger partial charge in [0.2, 0.25) is 5.91 Å². The lowest BCUT2D eigenvalue weighted by molar-refractivity contribution is -0.163. The molecule has 2 aliphatic rings. The van der Waals surface area contributed by atoms with Crippen molar-refractivity contribution in [2.45, 2.75) is 42.5 Å². The molecule has 2 aromatic carbocycles. The van der Waals surface area contributed by atoms with E-state index in [1.165, 1.54) is 24.8 Å². The number of carbonyl (C=O) groups excluding carboxylic acids is 3. The predicted molar refractivity (Wildman–Crippen MR) is 116 cm³/mol. The fourth-order valence-corrected chi connectivity index (χ4v) is 5.62. The minimum atomic E-state index is -0.778. The van der Waals surface area contributed by atoms with Crippen molar-refractivity contribution in [1.82, 2.24) is 4.90 Å². The second-order valence-corrected chi connectivity index (χ2v) is 9.41. The van der Waals surface area contributed by atoms with Crippen molar-refractivity contribution in [2.75, 3.05) is 0 Å². The molecule has 5 nitrogen and oxygen atoms in total.